The molecule has 1 unspecified atom stereocenters. The summed E-state index contributed by atoms with van der Waals surface area (Å²) >= 11 is 0. The predicted molar refractivity (Wildman–Crippen MR) is 76.5 cm³/mol. The highest BCUT2D eigenvalue weighted by atomic mass is 16.3. The third-order valence-electron chi connectivity index (χ3n) is 2.97. The quantitative estimate of drug-likeness (QED) is 0.697. The number of carbonyl (C=O) groups is 1. The van der Waals surface area contributed by atoms with Gasteiger partial charge in [-0.2, -0.15) is 0 Å². The molecule has 1 aromatic carbocycles. The number of aliphatic hydroxyl groups is 1. The Hall–Kier alpha value is -1.65. The smallest absolute Gasteiger partial charge is 0.222 e. The van der Waals surface area contributed by atoms with E-state index in [1.807, 2.05) is 30.3 Å². The first-order chi connectivity index (χ1) is 9.19. The third-order valence-corrected chi connectivity index (χ3v) is 2.97. The van der Waals surface area contributed by atoms with E-state index >= 15 is 0 Å². The maximum atomic E-state index is 12.0. The number of nitrogens with two attached hydrogens (primary N) is 1. The van der Waals surface area contributed by atoms with Crippen LogP contribution in [0.25, 0.3) is 0 Å². The molecule has 0 aliphatic heterocycles. The number of hydrogen-bond acceptors (Lipinski definition) is 3. The van der Waals surface area contributed by atoms with E-state index in [-0.39, 0.29) is 18.6 Å². The average molecular weight is 262 g/mol. The van der Waals surface area contributed by atoms with Crippen LogP contribution in [0.15, 0.2) is 43.0 Å². The van der Waals surface area contributed by atoms with Gasteiger partial charge in [-0.1, -0.05) is 36.4 Å². The van der Waals surface area contributed by atoms with Gasteiger partial charge in [0.25, 0.3) is 0 Å². The molecule has 4 nitrogen and oxygen atoms in total. The van der Waals surface area contributed by atoms with Crippen molar-refractivity contribution < 1.29 is 9.90 Å². The second kappa shape index (κ2) is 8.45. The summed E-state index contributed by atoms with van der Waals surface area (Å²) < 4.78 is 0. The zero-order valence-electron chi connectivity index (χ0n) is 11.2. The maximum absolute atomic E-state index is 12.0. The van der Waals surface area contributed by atoms with Crippen LogP contribution in [-0.2, 0) is 4.79 Å². The van der Waals surface area contributed by atoms with Gasteiger partial charge < -0.3 is 15.7 Å². The predicted octanol–water partition coefficient (Wildman–Crippen LogP) is 1.47. The Kier molecular flexibility index (Phi) is 6.85. The Balaban J connectivity index is 2.46. The van der Waals surface area contributed by atoms with Gasteiger partial charge in [0.2, 0.25) is 5.91 Å². The molecule has 0 saturated carbocycles. The van der Waals surface area contributed by atoms with Gasteiger partial charge in [0.05, 0.1) is 6.61 Å². The Bertz CT molecular complexity index is 392. The molecular weight excluding hydrogens is 240 g/mol. The van der Waals surface area contributed by atoms with Crippen molar-refractivity contribution in [3.05, 3.63) is 48.6 Å². The van der Waals surface area contributed by atoms with E-state index in [4.69, 9.17) is 10.8 Å². The summed E-state index contributed by atoms with van der Waals surface area (Å²) in [6, 6.07) is 9.60. The molecule has 0 aliphatic carbocycles. The van der Waals surface area contributed by atoms with Gasteiger partial charge in [-0.3, -0.25) is 4.79 Å². The molecule has 0 aliphatic rings. The van der Waals surface area contributed by atoms with Crippen LogP contribution in [0.2, 0.25) is 0 Å². The van der Waals surface area contributed by atoms with Crippen molar-refractivity contribution in [2.75, 3.05) is 19.7 Å². The lowest BCUT2D eigenvalue weighted by molar-refractivity contribution is -0.131. The molecule has 1 rings (SSSR count). The molecule has 4 heteroatoms. The molecule has 0 saturated heterocycles. The van der Waals surface area contributed by atoms with Crippen molar-refractivity contribution >= 4 is 5.91 Å². The molecule has 0 aromatic heterocycles. The van der Waals surface area contributed by atoms with Crippen molar-refractivity contribution in [1.29, 1.82) is 0 Å². The lowest BCUT2D eigenvalue weighted by atomic mass is 10.0. The fourth-order valence-corrected chi connectivity index (χ4v) is 1.90. The van der Waals surface area contributed by atoms with Crippen LogP contribution in [0.3, 0.4) is 0 Å². The number of amides is 1. The lowest BCUT2D eigenvalue weighted by Gasteiger charge is -2.21. The summed E-state index contributed by atoms with van der Waals surface area (Å²) in [5, 5.41) is 8.91. The number of aliphatic hydroxyl groups excluding tert-OH is 1. The van der Waals surface area contributed by atoms with Gasteiger partial charge >= 0.3 is 0 Å². The van der Waals surface area contributed by atoms with Crippen LogP contribution < -0.4 is 5.73 Å². The molecule has 0 radical (unpaired) electrons. The van der Waals surface area contributed by atoms with Gasteiger partial charge in [0, 0.05) is 25.6 Å². The Morgan fingerprint density at radius 2 is 2.11 bits per heavy atom. The van der Waals surface area contributed by atoms with Gasteiger partial charge in [0.15, 0.2) is 0 Å². The average Bonchev–Trinajstić information content (AvgIpc) is 2.45. The molecule has 0 bridgehead atoms. The summed E-state index contributed by atoms with van der Waals surface area (Å²) in [5.74, 6) is 0.000307. The highest BCUT2D eigenvalue weighted by Crippen LogP contribution is 2.15. The second-order valence-electron chi connectivity index (χ2n) is 4.41. The van der Waals surface area contributed by atoms with Gasteiger partial charge in [-0.05, 0) is 12.0 Å². The summed E-state index contributed by atoms with van der Waals surface area (Å²) in [4.78, 5) is 13.6. The second-order valence-corrected chi connectivity index (χ2v) is 4.41. The molecule has 1 aromatic rings. The highest BCUT2D eigenvalue weighted by Gasteiger charge is 2.14. The van der Waals surface area contributed by atoms with Crippen molar-refractivity contribution in [2.45, 2.75) is 18.9 Å². The number of nitrogens with zero attached hydrogens (tertiary/aromatic N) is 1. The minimum absolute atomic E-state index is 0.000307. The zero-order valence-corrected chi connectivity index (χ0v) is 11.2. The van der Waals surface area contributed by atoms with Crippen LogP contribution in [0.1, 0.15) is 24.4 Å². The van der Waals surface area contributed by atoms with Gasteiger partial charge in [0.1, 0.15) is 0 Å². The number of benzene rings is 1. The number of carbonyl (C=O) groups excluding carboxylic acids is 1. The molecule has 19 heavy (non-hydrogen) atoms. The molecule has 0 fully saturated rings. The fourth-order valence-electron chi connectivity index (χ4n) is 1.90. The van der Waals surface area contributed by atoms with Crippen LogP contribution in [0.4, 0.5) is 0 Å². The Morgan fingerprint density at radius 3 is 2.68 bits per heavy atom. The summed E-state index contributed by atoms with van der Waals surface area (Å²) in [6.07, 6.45) is 2.64. The minimum Gasteiger partial charge on any atom is -0.395 e. The number of hydrogen-bond donors (Lipinski definition) is 2. The first-order valence-electron chi connectivity index (χ1n) is 6.49. The topological polar surface area (TPSA) is 66.6 Å². The van der Waals surface area contributed by atoms with E-state index in [2.05, 4.69) is 6.58 Å². The van der Waals surface area contributed by atoms with E-state index in [0.717, 1.165) is 5.56 Å². The third kappa shape index (κ3) is 5.24. The molecule has 0 spiro atoms. The zero-order chi connectivity index (χ0) is 14.1. The van der Waals surface area contributed by atoms with Gasteiger partial charge in [-0.25, -0.2) is 0 Å². The fraction of sp³-hybridized carbons (Fsp3) is 0.400. The largest absolute Gasteiger partial charge is 0.395 e. The van der Waals surface area contributed by atoms with Crippen LogP contribution in [0, 0.1) is 0 Å². The Labute approximate surface area is 114 Å². The SMILES string of the molecule is C=CCN(CCO)C(=O)CCC(N)c1ccccc1. The number of rotatable bonds is 8. The molecule has 3 N–H and O–H groups in total. The molecular formula is C15H22N2O2. The van der Waals surface area contributed by atoms with E-state index in [9.17, 15) is 4.79 Å². The summed E-state index contributed by atoms with van der Waals surface area (Å²) in [6.45, 7) is 4.37. The molecule has 104 valence electrons. The van der Waals surface area contributed by atoms with Crippen LogP contribution in [-0.4, -0.2) is 35.6 Å². The first-order valence-corrected chi connectivity index (χ1v) is 6.49. The van der Waals surface area contributed by atoms with Crippen molar-refractivity contribution in [3.63, 3.8) is 0 Å². The monoisotopic (exact) mass is 262 g/mol. The normalized spacial score (nSPS) is 11.9. The van der Waals surface area contributed by atoms with E-state index in [1.165, 1.54) is 0 Å². The first kappa shape index (κ1) is 15.4. The lowest BCUT2D eigenvalue weighted by Crippen LogP contribution is -2.34. The Morgan fingerprint density at radius 1 is 1.42 bits per heavy atom. The highest BCUT2D eigenvalue weighted by molar-refractivity contribution is 5.76. The van der Waals surface area contributed by atoms with E-state index in [0.29, 0.717) is 25.9 Å². The summed E-state index contributed by atoms with van der Waals surface area (Å²) in [5.41, 5.74) is 7.09. The summed E-state index contributed by atoms with van der Waals surface area (Å²) in [7, 11) is 0. The van der Waals surface area contributed by atoms with Gasteiger partial charge in [-0.15, -0.1) is 6.58 Å². The van der Waals surface area contributed by atoms with Crippen molar-refractivity contribution in [2.24, 2.45) is 5.73 Å². The standard InChI is InChI=1S/C15H22N2O2/c1-2-10-17(11-12-18)15(19)9-8-14(16)13-6-4-3-5-7-13/h2-7,14,18H,1,8-12,16H2. The minimum atomic E-state index is -0.134. The van der Waals surface area contributed by atoms with Crippen LogP contribution in [0.5, 0.6) is 0 Å². The molecule has 0 heterocycles. The van der Waals surface area contributed by atoms with Crippen molar-refractivity contribution in [1.82, 2.24) is 4.90 Å². The molecule has 1 amide bonds. The molecule has 1 atom stereocenters. The maximum Gasteiger partial charge on any atom is 0.222 e. The van der Waals surface area contributed by atoms with E-state index < -0.39 is 0 Å². The van der Waals surface area contributed by atoms with Crippen LogP contribution >= 0.6 is 0 Å². The van der Waals surface area contributed by atoms with Crippen molar-refractivity contribution in [3.8, 4) is 0 Å². The van der Waals surface area contributed by atoms with E-state index in [1.54, 1.807) is 11.0 Å².